The molecule has 0 unspecified atom stereocenters. The molecule has 0 radical (unpaired) electrons. The zero-order valence-corrected chi connectivity index (χ0v) is 16.2. The van der Waals surface area contributed by atoms with E-state index in [4.69, 9.17) is 0 Å². The zero-order chi connectivity index (χ0) is 20.1. The largest absolute Gasteiger partial charge is 0.350 e. The number of amides is 1. The first-order valence-corrected chi connectivity index (χ1v) is 9.13. The van der Waals surface area contributed by atoms with Gasteiger partial charge >= 0.3 is 0 Å². The van der Waals surface area contributed by atoms with E-state index in [0.29, 0.717) is 30.3 Å². The second kappa shape index (κ2) is 8.61. The molecule has 0 spiro atoms. The van der Waals surface area contributed by atoms with Gasteiger partial charge in [0.25, 0.3) is 5.91 Å². The van der Waals surface area contributed by atoms with E-state index in [1.54, 1.807) is 18.2 Å². The summed E-state index contributed by atoms with van der Waals surface area (Å²) >= 11 is 0. The molecular formula is C22H23FN4O. The third-order valence-electron chi connectivity index (χ3n) is 4.46. The van der Waals surface area contributed by atoms with Crippen molar-refractivity contribution in [3.05, 3.63) is 82.4 Å². The normalized spacial score (nSPS) is 10.6. The zero-order valence-electron chi connectivity index (χ0n) is 16.2. The lowest BCUT2D eigenvalue weighted by Gasteiger charge is -2.10. The smallest absolute Gasteiger partial charge is 0.270 e. The van der Waals surface area contributed by atoms with Crippen molar-refractivity contribution >= 4 is 17.5 Å². The number of halogens is 1. The summed E-state index contributed by atoms with van der Waals surface area (Å²) in [4.78, 5) is 21.2. The van der Waals surface area contributed by atoms with Gasteiger partial charge in [0.2, 0.25) is 5.95 Å². The maximum absolute atomic E-state index is 12.9. The van der Waals surface area contributed by atoms with Crippen molar-refractivity contribution < 1.29 is 9.18 Å². The maximum Gasteiger partial charge on any atom is 0.270 e. The summed E-state index contributed by atoms with van der Waals surface area (Å²) in [5, 5.41) is 6.00. The third kappa shape index (κ3) is 5.13. The molecule has 2 N–H and O–H groups in total. The Hall–Kier alpha value is -3.28. The number of anilines is 2. The van der Waals surface area contributed by atoms with Crippen LogP contribution in [0.15, 0.2) is 48.5 Å². The number of hydrogen-bond acceptors (Lipinski definition) is 4. The van der Waals surface area contributed by atoms with Crippen molar-refractivity contribution in [2.75, 3.05) is 11.9 Å². The van der Waals surface area contributed by atoms with E-state index in [0.717, 1.165) is 16.8 Å². The van der Waals surface area contributed by atoms with Crippen molar-refractivity contribution in [2.45, 2.75) is 27.2 Å². The van der Waals surface area contributed by atoms with E-state index < -0.39 is 0 Å². The molecule has 1 aromatic heterocycles. The fourth-order valence-corrected chi connectivity index (χ4v) is 2.75. The number of aryl methyl sites for hydroxylation is 3. The summed E-state index contributed by atoms with van der Waals surface area (Å²) in [6, 6.07) is 13.9. The number of hydrogen-bond donors (Lipinski definition) is 2. The summed E-state index contributed by atoms with van der Waals surface area (Å²) in [5.41, 5.74) is 5.20. The molecule has 3 rings (SSSR count). The van der Waals surface area contributed by atoms with Crippen LogP contribution in [-0.4, -0.2) is 22.4 Å². The average Bonchev–Trinajstić information content (AvgIpc) is 2.66. The molecule has 1 amide bonds. The first kappa shape index (κ1) is 19.5. The first-order valence-electron chi connectivity index (χ1n) is 9.13. The van der Waals surface area contributed by atoms with Crippen molar-refractivity contribution in [1.29, 1.82) is 0 Å². The fraction of sp³-hybridized carbons (Fsp3) is 0.227. The van der Waals surface area contributed by atoms with Gasteiger partial charge in [0.1, 0.15) is 11.5 Å². The summed E-state index contributed by atoms with van der Waals surface area (Å²) in [5.74, 6) is -0.157. The van der Waals surface area contributed by atoms with E-state index in [1.807, 2.05) is 32.0 Å². The Balaban J connectivity index is 1.65. The van der Waals surface area contributed by atoms with Gasteiger partial charge in [-0.2, -0.15) is 0 Å². The Kier molecular flexibility index (Phi) is 5.99. The third-order valence-corrected chi connectivity index (χ3v) is 4.46. The van der Waals surface area contributed by atoms with Crippen LogP contribution in [0.5, 0.6) is 0 Å². The standard InChI is InChI=1S/C22H23FN4O/c1-14-4-9-19(12-15(14)2)26-22-25-16(3)13-20(27-22)21(28)24-11-10-17-5-7-18(23)8-6-17/h4-9,12-13H,10-11H2,1-3H3,(H,24,28)(H,25,26,27). The molecule has 2 aromatic carbocycles. The molecule has 0 bridgehead atoms. The van der Waals surface area contributed by atoms with Crippen LogP contribution in [0.25, 0.3) is 0 Å². The van der Waals surface area contributed by atoms with Crippen LogP contribution >= 0.6 is 0 Å². The van der Waals surface area contributed by atoms with Crippen molar-refractivity contribution in [2.24, 2.45) is 0 Å². The molecule has 1 heterocycles. The Morgan fingerprint density at radius 1 is 0.964 bits per heavy atom. The summed E-state index contributed by atoms with van der Waals surface area (Å²) in [7, 11) is 0. The van der Waals surface area contributed by atoms with E-state index in [-0.39, 0.29) is 11.7 Å². The highest BCUT2D eigenvalue weighted by Gasteiger charge is 2.11. The molecule has 0 fully saturated rings. The number of aromatic nitrogens is 2. The number of carbonyl (C=O) groups is 1. The van der Waals surface area contributed by atoms with Gasteiger partial charge < -0.3 is 10.6 Å². The van der Waals surface area contributed by atoms with E-state index in [1.165, 1.54) is 17.7 Å². The van der Waals surface area contributed by atoms with Crippen LogP contribution < -0.4 is 10.6 Å². The number of nitrogens with zero attached hydrogens (tertiary/aromatic N) is 2. The molecule has 6 heteroatoms. The Morgan fingerprint density at radius 2 is 1.71 bits per heavy atom. The van der Waals surface area contributed by atoms with Crippen LogP contribution in [0.3, 0.4) is 0 Å². The van der Waals surface area contributed by atoms with Gasteiger partial charge in [-0.25, -0.2) is 14.4 Å². The number of carbonyl (C=O) groups excluding carboxylic acids is 1. The van der Waals surface area contributed by atoms with Crippen LogP contribution in [0, 0.1) is 26.6 Å². The number of nitrogens with one attached hydrogen (secondary N) is 2. The topological polar surface area (TPSA) is 66.9 Å². The quantitative estimate of drug-likeness (QED) is 0.673. The van der Waals surface area contributed by atoms with Crippen LogP contribution in [-0.2, 0) is 6.42 Å². The average molecular weight is 378 g/mol. The highest BCUT2D eigenvalue weighted by Crippen LogP contribution is 2.18. The van der Waals surface area contributed by atoms with E-state index in [9.17, 15) is 9.18 Å². The molecule has 5 nitrogen and oxygen atoms in total. The molecule has 0 saturated heterocycles. The van der Waals surface area contributed by atoms with Crippen LogP contribution in [0.2, 0.25) is 0 Å². The molecule has 0 aliphatic carbocycles. The van der Waals surface area contributed by atoms with Gasteiger partial charge in [-0.3, -0.25) is 4.79 Å². The minimum absolute atomic E-state index is 0.268. The highest BCUT2D eigenvalue weighted by atomic mass is 19.1. The molecule has 28 heavy (non-hydrogen) atoms. The summed E-state index contributed by atoms with van der Waals surface area (Å²) < 4.78 is 12.9. The minimum atomic E-state index is -0.270. The van der Waals surface area contributed by atoms with Gasteiger partial charge in [-0.1, -0.05) is 18.2 Å². The van der Waals surface area contributed by atoms with Gasteiger partial charge in [0.05, 0.1) is 0 Å². The maximum atomic E-state index is 12.9. The van der Waals surface area contributed by atoms with E-state index in [2.05, 4.69) is 27.5 Å². The molecule has 3 aromatic rings. The predicted molar refractivity (Wildman–Crippen MR) is 108 cm³/mol. The Morgan fingerprint density at radius 3 is 2.43 bits per heavy atom. The molecule has 0 atom stereocenters. The summed E-state index contributed by atoms with van der Waals surface area (Å²) in [6.07, 6.45) is 0.615. The lowest BCUT2D eigenvalue weighted by Crippen LogP contribution is -2.27. The Labute approximate surface area is 164 Å². The van der Waals surface area contributed by atoms with E-state index >= 15 is 0 Å². The molecular weight excluding hydrogens is 355 g/mol. The monoisotopic (exact) mass is 378 g/mol. The van der Waals surface area contributed by atoms with Gasteiger partial charge in [0, 0.05) is 17.9 Å². The number of benzene rings is 2. The molecule has 0 saturated carbocycles. The van der Waals surface area contributed by atoms with Crippen molar-refractivity contribution in [1.82, 2.24) is 15.3 Å². The SMILES string of the molecule is Cc1cc(C(=O)NCCc2ccc(F)cc2)nc(Nc2ccc(C)c(C)c2)n1. The minimum Gasteiger partial charge on any atom is -0.350 e. The second-order valence-corrected chi connectivity index (χ2v) is 6.77. The van der Waals surface area contributed by atoms with Crippen LogP contribution in [0.1, 0.15) is 32.9 Å². The Bertz CT molecular complexity index is 986. The second-order valence-electron chi connectivity index (χ2n) is 6.77. The molecule has 0 aliphatic rings. The number of rotatable bonds is 6. The molecule has 0 aliphatic heterocycles. The summed E-state index contributed by atoms with van der Waals surface area (Å²) in [6.45, 7) is 6.35. The van der Waals surface area contributed by atoms with Crippen LogP contribution in [0.4, 0.5) is 16.0 Å². The van der Waals surface area contributed by atoms with Crippen molar-refractivity contribution in [3.63, 3.8) is 0 Å². The highest BCUT2D eigenvalue weighted by molar-refractivity contribution is 5.92. The fourth-order valence-electron chi connectivity index (χ4n) is 2.75. The van der Waals surface area contributed by atoms with Gasteiger partial charge in [0.15, 0.2) is 0 Å². The van der Waals surface area contributed by atoms with Gasteiger partial charge in [-0.05, 0) is 74.2 Å². The van der Waals surface area contributed by atoms with Crippen molar-refractivity contribution in [3.8, 4) is 0 Å². The van der Waals surface area contributed by atoms with Gasteiger partial charge in [-0.15, -0.1) is 0 Å². The predicted octanol–water partition coefficient (Wildman–Crippen LogP) is 4.26. The first-order chi connectivity index (χ1) is 13.4. The molecule has 144 valence electrons. The lowest BCUT2D eigenvalue weighted by molar-refractivity contribution is 0.0949. The lowest BCUT2D eigenvalue weighted by atomic mass is 10.1.